The van der Waals surface area contributed by atoms with Gasteiger partial charge in [-0.15, -0.1) is 10.2 Å². The lowest BCUT2D eigenvalue weighted by Crippen LogP contribution is -2.27. The van der Waals surface area contributed by atoms with Crippen molar-refractivity contribution >= 4 is 16.5 Å². The van der Waals surface area contributed by atoms with E-state index < -0.39 is 10.0 Å². The van der Waals surface area contributed by atoms with E-state index >= 15 is 0 Å². The number of carboxylic acid groups (broad SMARTS) is 1. The lowest BCUT2D eigenvalue weighted by Gasteiger charge is -2.14. The molecular weight excluding hydrogens is 286 g/mol. The third-order valence-electron chi connectivity index (χ3n) is 2.87. The van der Waals surface area contributed by atoms with E-state index in [4.69, 9.17) is 9.90 Å². The molecule has 2 N–H and O–H groups in total. The van der Waals surface area contributed by atoms with Gasteiger partial charge in [-0.3, -0.25) is 4.79 Å². The second-order valence-electron chi connectivity index (χ2n) is 4.31. The van der Waals surface area contributed by atoms with Crippen LogP contribution in [0.15, 0.2) is 0 Å². The summed E-state index contributed by atoms with van der Waals surface area (Å²) < 4.78 is 26.0. The molecular formula is C10H19N5O4S. The first kappa shape index (κ1) is 16.5. The van der Waals surface area contributed by atoms with Crippen LogP contribution in [-0.4, -0.2) is 65.5 Å². The molecule has 0 bridgehead atoms. The van der Waals surface area contributed by atoms with E-state index in [1.807, 2.05) is 4.57 Å². The Morgan fingerprint density at radius 2 is 2.10 bits per heavy atom. The van der Waals surface area contributed by atoms with E-state index in [9.17, 15) is 8.42 Å². The number of fused-ring (bicyclic) bond motifs is 1. The SMILES string of the molecule is CN(Cc1nnc2n1CCNCC2)S(C)(=O)=O.O=CO. The van der Waals surface area contributed by atoms with Crippen LogP contribution in [0.2, 0.25) is 0 Å². The summed E-state index contributed by atoms with van der Waals surface area (Å²) in [5.74, 6) is 1.63. The molecule has 0 saturated carbocycles. The Balaban J connectivity index is 0.000000612. The van der Waals surface area contributed by atoms with Gasteiger partial charge in [0.05, 0.1) is 12.8 Å². The quantitative estimate of drug-likeness (QED) is 0.654. The first-order valence-corrected chi connectivity index (χ1v) is 7.85. The molecule has 0 radical (unpaired) electrons. The van der Waals surface area contributed by atoms with E-state index in [1.165, 1.54) is 10.6 Å². The molecule has 1 aliphatic heterocycles. The first-order valence-electron chi connectivity index (χ1n) is 6.01. The molecule has 0 unspecified atom stereocenters. The molecule has 114 valence electrons. The smallest absolute Gasteiger partial charge is 0.290 e. The number of hydrogen-bond acceptors (Lipinski definition) is 6. The molecule has 9 nitrogen and oxygen atoms in total. The Hall–Kier alpha value is -1.52. The van der Waals surface area contributed by atoms with E-state index in [0.717, 1.165) is 31.9 Å². The predicted octanol–water partition coefficient (Wildman–Crippen LogP) is -1.48. The van der Waals surface area contributed by atoms with Crippen LogP contribution in [0, 0.1) is 0 Å². The summed E-state index contributed by atoms with van der Waals surface area (Å²) in [5.41, 5.74) is 0. The zero-order chi connectivity index (χ0) is 15.2. The highest BCUT2D eigenvalue weighted by Crippen LogP contribution is 2.08. The normalized spacial score (nSPS) is 14.9. The van der Waals surface area contributed by atoms with Crippen molar-refractivity contribution in [2.45, 2.75) is 19.5 Å². The average Bonchev–Trinajstić information content (AvgIpc) is 2.60. The van der Waals surface area contributed by atoms with Gasteiger partial charge in [-0.1, -0.05) is 0 Å². The highest BCUT2D eigenvalue weighted by molar-refractivity contribution is 7.88. The van der Waals surface area contributed by atoms with Crippen molar-refractivity contribution in [3.63, 3.8) is 0 Å². The van der Waals surface area contributed by atoms with Gasteiger partial charge in [-0.2, -0.15) is 4.31 Å². The maximum absolute atomic E-state index is 11.3. The van der Waals surface area contributed by atoms with Crippen molar-refractivity contribution in [2.24, 2.45) is 0 Å². The molecule has 0 fully saturated rings. The van der Waals surface area contributed by atoms with Gasteiger partial charge >= 0.3 is 0 Å². The van der Waals surface area contributed by atoms with Crippen LogP contribution in [0.25, 0.3) is 0 Å². The van der Waals surface area contributed by atoms with Crippen LogP contribution in [0.4, 0.5) is 0 Å². The lowest BCUT2D eigenvalue weighted by molar-refractivity contribution is -0.122. The Labute approximate surface area is 117 Å². The number of nitrogens with zero attached hydrogens (tertiary/aromatic N) is 4. The van der Waals surface area contributed by atoms with Crippen LogP contribution >= 0.6 is 0 Å². The van der Waals surface area contributed by atoms with Crippen molar-refractivity contribution in [1.82, 2.24) is 24.4 Å². The minimum Gasteiger partial charge on any atom is -0.483 e. The van der Waals surface area contributed by atoms with Crippen molar-refractivity contribution in [2.75, 3.05) is 26.4 Å². The van der Waals surface area contributed by atoms with Crippen molar-refractivity contribution in [3.05, 3.63) is 11.6 Å². The molecule has 0 saturated heterocycles. The maximum atomic E-state index is 11.3. The van der Waals surface area contributed by atoms with Gasteiger partial charge in [0.2, 0.25) is 10.0 Å². The molecule has 1 aromatic heterocycles. The molecule has 0 amide bonds. The second-order valence-corrected chi connectivity index (χ2v) is 6.40. The highest BCUT2D eigenvalue weighted by Gasteiger charge is 2.18. The Morgan fingerprint density at radius 3 is 2.70 bits per heavy atom. The molecule has 0 atom stereocenters. The fourth-order valence-electron chi connectivity index (χ4n) is 1.76. The van der Waals surface area contributed by atoms with Crippen LogP contribution in [0.3, 0.4) is 0 Å². The summed E-state index contributed by atoms with van der Waals surface area (Å²) in [6, 6.07) is 0. The minimum absolute atomic E-state index is 0.250. The summed E-state index contributed by atoms with van der Waals surface area (Å²) in [4.78, 5) is 8.36. The molecule has 2 heterocycles. The molecule has 10 heteroatoms. The second kappa shape index (κ2) is 7.31. The highest BCUT2D eigenvalue weighted by atomic mass is 32.2. The van der Waals surface area contributed by atoms with Gasteiger partial charge in [-0.25, -0.2) is 8.42 Å². The Kier molecular flexibility index (Phi) is 6.05. The maximum Gasteiger partial charge on any atom is 0.290 e. The molecule has 0 aliphatic carbocycles. The monoisotopic (exact) mass is 305 g/mol. The Morgan fingerprint density at radius 1 is 1.45 bits per heavy atom. The number of rotatable bonds is 3. The van der Waals surface area contributed by atoms with Gasteiger partial charge in [0.15, 0.2) is 0 Å². The Bertz CT molecular complexity index is 542. The number of aromatic nitrogens is 3. The van der Waals surface area contributed by atoms with Gasteiger partial charge in [0.1, 0.15) is 11.6 Å². The fraction of sp³-hybridized carbons (Fsp3) is 0.700. The van der Waals surface area contributed by atoms with Crippen molar-refractivity contribution < 1.29 is 18.3 Å². The van der Waals surface area contributed by atoms with Crippen LogP contribution in [0.5, 0.6) is 0 Å². The molecule has 1 aliphatic rings. The number of carbonyl (C=O) groups is 1. The number of nitrogens with one attached hydrogen (secondary N) is 1. The summed E-state index contributed by atoms with van der Waals surface area (Å²) >= 11 is 0. The largest absolute Gasteiger partial charge is 0.483 e. The number of sulfonamides is 1. The zero-order valence-corrected chi connectivity index (χ0v) is 12.3. The predicted molar refractivity (Wildman–Crippen MR) is 71.6 cm³/mol. The van der Waals surface area contributed by atoms with Gasteiger partial charge < -0.3 is 15.0 Å². The fourth-order valence-corrected chi connectivity index (χ4v) is 2.11. The molecule has 2 rings (SSSR count). The van der Waals surface area contributed by atoms with E-state index in [2.05, 4.69) is 15.5 Å². The number of hydrogen-bond donors (Lipinski definition) is 2. The molecule has 20 heavy (non-hydrogen) atoms. The third-order valence-corrected chi connectivity index (χ3v) is 4.13. The topological polar surface area (TPSA) is 117 Å². The van der Waals surface area contributed by atoms with E-state index in [1.54, 1.807) is 7.05 Å². The zero-order valence-electron chi connectivity index (χ0n) is 11.5. The minimum atomic E-state index is -3.18. The first-order chi connectivity index (χ1) is 9.40. The molecule has 1 aromatic rings. The van der Waals surface area contributed by atoms with Crippen molar-refractivity contribution in [1.29, 1.82) is 0 Å². The van der Waals surface area contributed by atoms with Crippen LogP contribution in [-0.2, 0) is 34.3 Å². The summed E-state index contributed by atoms with van der Waals surface area (Å²) in [6.07, 6.45) is 2.02. The van der Waals surface area contributed by atoms with E-state index in [0.29, 0.717) is 5.82 Å². The summed E-state index contributed by atoms with van der Waals surface area (Å²) in [6.45, 7) is 2.56. The third kappa shape index (κ3) is 4.54. The summed E-state index contributed by atoms with van der Waals surface area (Å²) in [5, 5.41) is 18.3. The van der Waals surface area contributed by atoms with Gasteiger partial charge in [0.25, 0.3) is 6.47 Å². The van der Waals surface area contributed by atoms with Crippen molar-refractivity contribution in [3.8, 4) is 0 Å². The van der Waals surface area contributed by atoms with Gasteiger partial charge in [-0.05, 0) is 0 Å². The van der Waals surface area contributed by atoms with E-state index in [-0.39, 0.29) is 13.0 Å². The van der Waals surface area contributed by atoms with Crippen LogP contribution < -0.4 is 5.32 Å². The van der Waals surface area contributed by atoms with Gasteiger partial charge in [0, 0.05) is 33.1 Å². The molecule has 0 spiro atoms. The molecule has 0 aromatic carbocycles. The summed E-state index contributed by atoms with van der Waals surface area (Å²) in [7, 11) is -1.63. The standard InChI is InChI=1S/C9H17N5O2S.CH2O2/c1-13(17(2,15)16)7-9-12-11-8-3-4-10-5-6-14(8)9;2-1-3/h10H,3-7H2,1-2H3;1H,(H,2,3). The van der Waals surface area contributed by atoms with Crippen LogP contribution in [0.1, 0.15) is 11.6 Å². The lowest BCUT2D eigenvalue weighted by atomic mass is 10.4. The average molecular weight is 305 g/mol.